The number of benzene rings is 1. The van der Waals surface area contributed by atoms with E-state index >= 15 is 0 Å². The Labute approximate surface area is 166 Å². The van der Waals surface area contributed by atoms with Crippen molar-refractivity contribution >= 4 is 21.7 Å². The van der Waals surface area contributed by atoms with Gasteiger partial charge >= 0.3 is 0 Å². The van der Waals surface area contributed by atoms with Gasteiger partial charge in [-0.15, -0.1) is 0 Å². The van der Waals surface area contributed by atoms with Crippen molar-refractivity contribution in [1.29, 1.82) is 0 Å². The monoisotopic (exact) mass is 401 g/mol. The van der Waals surface area contributed by atoms with Crippen LogP contribution in [-0.4, -0.2) is 31.0 Å². The van der Waals surface area contributed by atoms with Crippen LogP contribution in [0.25, 0.3) is 0 Å². The molecule has 1 aliphatic carbocycles. The Morgan fingerprint density at radius 2 is 2.04 bits per heavy atom. The molecule has 4 rings (SSSR count). The number of nitrogens with zero attached hydrogens (tertiary/aromatic N) is 3. The van der Waals surface area contributed by atoms with Crippen LogP contribution in [0.1, 0.15) is 56.0 Å². The quantitative estimate of drug-likeness (QED) is 0.772. The number of aromatic nitrogens is 2. The van der Waals surface area contributed by atoms with Crippen molar-refractivity contribution in [2.45, 2.75) is 62.9 Å². The molecule has 8 heteroatoms. The summed E-state index contributed by atoms with van der Waals surface area (Å²) in [5.41, 5.74) is 2.15. The molecule has 0 amide bonds. The highest BCUT2D eigenvalue weighted by Gasteiger charge is 2.29. The fourth-order valence-corrected chi connectivity index (χ4v) is 4.04. The van der Waals surface area contributed by atoms with E-state index in [-0.39, 0.29) is 4.90 Å². The lowest BCUT2D eigenvalue weighted by molar-refractivity contribution is 0.597. The summed E-state index contributed by atoms with van der Waals surface area (Å²) in [5.74, 6) is 3.13. The summed E-state index contributed by atoms with van der Waals surface area (Å²) in [6.07, 6.45) is 4.15. The van der Waals surface area contributed by atoms with Gasteiger partial charge in [-0.05, 0) is 55.9 Å². The highest BCUT2D eigenvalue weighted by Crippen LogP contribution is 2.39. The van der Waals surface area contributed by atoms with E-state index in [0.29, 0.717) is 18.5 Å². The fraction of sp³-hybridized carbons (Fsp3) is 0.500. The second-order valence-electron chi connectivity index (χ2n) is 7.84. The SMILES string of the molecule is CC[C@H](C)Nc1cc(N2CCc3ccc(S(N)(=O)=O)cc3C2)nc(C2CC2)n1. The van der Waals surface area contributed by atoms with Gasteiger partial charge in [-0.1, -0.05) is 13.0 Å². The minimum Gasteiger partial charge on any atom is -0.367 e. The Kier molecular flexibility index (Phi) is 5.01. The number of nitrogens with two attached hydrogens (primary N) is 1. The molecule has 150 valence electrons. The van der Waals surface area contributed by atoms with Gasteiger partial charge in [0.2, 0.25) is 10.0 Å². The zero-order valence-electron chi connectivity index (χ0n) is 16.4. The second-order valence-corrected chi connectivity index (χ2v) is 9.41. The molecule has 1 saturated carbocycles. The third-order valence-electron chi connectivity index (χ3n) is 5.52. The Bertz CT molecular complexity index is 988. The Balaban J connectivity index is 1.64. The summed E-state index contributed by atoms with van der Waals surface area (Å²) < 4.78 is 23.4. The highest BCUT2D eigenvalue weighted by molar-refractivity contribution is 7.89. The second kappa shape index (κ2) is 7.33. The molecule has 1 atom stereocenters. The maximum atomic E-state index is 11.7. The van der Waals surface area contributed by atoms with Crippen LogP contribution in [0.3, 0.4) is 0 Å². The molecular formula is C20H27N5O2S. The molecule has 2 aliphatic rings. The minimum absolute atomic E-state index is 0.161. The van der Waals surface area contributed by atoms with Crippen LogP contribution >= 0.6 is 0 Å². The minimum atomic E-state index is -3.71. The normalized spacial score (nSPS) is 17.9. The third-order valence-corrected chi connectivity index (χ3v) is 6.43. The van der Waals surface area contributed by atoms with E-state index in [1.54, 1.807) is 12.1 Å². The van der Waals surface area contributed by atoms with E-state index in [0.717, 1.165) is 60.8 Å². The smallest absolute Gasteiger partial charge is 0.238 e. The van der Waals surface area contributed by atoms with Crippen LogP contribution in [0.15, 0.2) is 29.2 Å². The van der Waals surface area contributed by atoms with Crippen LogP contribution in [0, 0.1) is 0 Å². The van der Waals surface area contributed by atoms with Gasteiger partial charge < -0.3 is 10.2 Å². The number of fused-ring (bicyclic) bond motifs is 1. The van der Waals surface area contributed by atoms with E-state index in [9.17, 15) is 8.42 Å². The number of sulfonamides is 1. The van der Waals surface area contributed by atoms with Crippen molar-refractivity contribution in [3.63, 3.8) is 0 Å². The van der Waals surface area contributed by atoms with Gasteiger partial charge in [0, 0.05) is 31.1 Å². The van der Waals surface area contributed by atoms with Crippen LogP contribution in [0.2, 0.25) is 0 Å². The van der Waals surface area contributed by atoms with E-state index in [4.69, 9.17) is 15.1 Å². The van der Waals surface area contributed by atoms with Gasteiger partial charge in [0.15, 0.2) is 0 Å². The van der Waals surface area contributed by atoms with Crippen molar-refractivity contribution in [3.8, 4) is 0 Å². The standard InChI is InChI=1S/C20H27N5O2S/c1-3-13(2)22-18-11-19(24-20(23-18)15-4-5-15)25-9-8-14-6-7-17(28(21,26)27)10-16(14)12-25/h6-7,10-11,13,15H,3-5,8-9,12H2,1-2H3,(H2,21,26,27)(H,22,23,24)/t13-/m0/s1. The number of hydrogen-bond acceptors (Lipinski definition) is 6. The highest BCUT2D eigenvalue weighted by atomic mass is 32.2. The van der Waals surface area contributed by atoms with Gasteiger partial charge in [-0.25, -0.2) is 23.5 Å². The Morgan fingerprint density at radius 3 is 2.71 bits per heavy atom. The topological polar surface area (TPSA) is 101 Å². The summed E-state index contributed by atoms with van der Waals surface area (Å²) >= 11 is 0. The van der Waals surface area contributed by atoms with Crippen molar-refractivity contribution in [3.05, 3.63) is 41.2 Å². The number of hydrogen-bond donors (Lipinski definition) is 2. The fourth-order valence-electron chi connectivity index (χ4n) is 3.47. The van der Waals surface area contributed by atoms with E-state index in [2.05, 4.69) is 24.1 Å². The molecule has 1 aromatic heterocycles. The van der Waals surface area contributed by atoms with Crippen molar-refractivity contribution < 1.29 is 8.42 Å². The Morgan fingerprint density at radius 1 is 1.25 bits per heavy atom. The molecule has 2 aromatic rings. The maximum Gasteiger partial charge on any atom is 0.238 e. The number of rotatable bonds is 6. The first-order valence-corrected chi connectivity index (χ1v) is 11.4. The first-order chi connectivity index (χ1) is 13.3. The molecule has 0 radical (unpaired) electrons. The molecule has 7 nitrogen and oxygen atoms in total. The molecular weight excluding hydrogens is 374 g/mol. The van der Waals surface area contributed by atoms with Crippen LogP contribution in [0.4, 0.5) is 11.6 Å². The summed E-state index contributed by atoms with van der Waals surface area (Å²) in [6.45, 7) is 5.74. The molecule has 28 heavy (non-hydrogen) atoms. The van der Waals surface area contributed by atoms with E-state index < -0.39 is 10.0 Å². The van der Waals surface area contributed by atoms with Crippen molar-refractivity contribution in [2.75, 3.05) is 16.8 Å². The van der Waals surface area contributed by atoms with E-state index in [1.165, 1.54) is 0 Å². The van der Waals surface area contributed by atoms with Crippen molar-refractivity contribution in [1.82, 2.24) is 9.97 Å². The maximum absolute atomic E-state index is 11.7. The zero-order chi connectivity index (χ0) is 19.9. The average molecular weight is 402 g/mol. The predicted octanol–water partition coefficient (Wildman–Crippen LogP) is 2.77. The largest absolute Gasteiger partial charge is 0.367 e. The third kappa shape index (κ3) is 4.12. The van der Waals surface area contributed by atoms with Gasteiger partial charge in [-0.2, -0.15) is 0 Å². The molecule has 1 fully saturated rings. The van der Waals surface area contributed by atoms with Crippen LogP contribution < -0.4 is 15.4 Å². The lowest BCUT2D eigenvalue weighted by atomic mass is 10.00. The summed E-state index contributed by atoms with van der Waals surface area (Å²) in [7, 11) is -3.71. The molecule has 0 saturated heterocycles. The van der Waals surface area contributed by atoms with Crippen LogP contribution in [-0.2, 0) is 23.0 Å². The van der Waals surface area contributed by atoms with Gasteiger partial charge in [0.1, 0.15) is 17.5 Å². The molecule has 0 spiro atoms. The van der Waals surface area contributed by atoms with Gasteiger partial charge in [0.25, 0.3) is 0 Å². The van der Waals surface area contributed by atoms with Gasteiger partial charge in [-0.3, -0.25) is 0 Å². The van der Waals surface area contributed by atoms with Gasteiger partial charge in [0.05, 0.1) is 4.90 Å². The summed E-state index contributed by atoms with van der Waals surface area (Å²) in [5, 5.41) is 8.77. The summed E-state index contributed by atoms with van der Waals surface area (Å²) in [4.78, 5) is 11.9. The average Bonchev–Trinajstić information content (AvgIpc) is 3.51. The first-order valence-electron chi connectivity index (χ1n) is 9.88. The molecule has 0 unspecified atom stereocenters. The van der Waals surface area contributed by atoms with Crippen LogP contribution in [0.5, 0.6) is 0 Å². The summed E-state index contributed by atoms with van der Waals surface area (Å²) in [6, 6.07) is 7.51. The number of anilines is 2. The molecule has 0 bridgehead atoms. The lowest BCUT2D eigenvalue weighted by Gasteiger charge is -2.30. The zero-order valence-corrected chi connectivity index (χ0v) is 17.2. The number of nitrogens with one attached hydrogen (secondary N) is 1. The Hall–Kier alpha value is -2.19. The van der Waals surface area contributed by atoms with E-state index in [1.807, 2.05) is 12.1 Å². The number of primary sulfonamides is 1. The molecule has 2 heterocycles. The molecule has 1 aliphatic heterocycles. The lowest BCUT2D eigenvalue weighted by Crippen LogP contribution is -2.32. The predicted molar refractivity (Wildman–Crippen MR) is 110 cm³/mol. The molecule has 1 aromatic carbocycles. The van der Waals surface area contributed by atoms with Crippen molar-refractivity contribution in [2.24, 2.45) is 5.14 Å². The molecule has 3 N–H and O–H groups in total. The first kappa shape index (κ1) is 19.1.